The molecule has 106 valence electrons. The summed E-state index contributed by atoms with van der Waals surface area (Å²) >= 11 is 0. The van der Waals surface area contributed by atoms with Gasteiger partial charge in [-0.1, -0.05) is 0 Å². The summed E-state index contributed by atoms with van der Waals surface area (Å²) in [7, 11) is -1.32. The van der Waals surface area contributed by atoms with E-state index in [9.17, 15) is 18.5 Å². The number of rotatable bonds is 3. The van der Waals surface area contributed by atoms with Crippen molar-refractivity contribution in [1.82, 2.24) is 0 Å². The third-order valence-corrected chi connectivity index (χ3v) is 5.20. The molecule has 0 bridgehead atoms. The van der Waals surface area contributed by atoms with Gasteiger partial charge in [-0.3, -0.25) is 10.1 Å². The van der Waals surface area contributed by atoms with Crippen LogP contribution in [0.3, 0.4) is 0 Å². The normalized spacial score (nSPS) is 20.3. The SMILES string of the molecule is CN(c1ccc([N+](=O)[O-])cc1C#N)C1CCS(=O)(=O)C1. The van der Waals surface area contributed by atoms with Gasteiger partial charge in [0.2, 0.25) is 0 Å². The summed E-state index contributed by atoms with van der Waals surface area (Å²) in [5.74, 6) is 0.183. The Labute approximate surface area is 116 Å². The maximum atomic E-state index is 11.5. The first-order chi connectivity index (χ1) is 9.34. The van der Waals surface area contributed by atoms with Crippen LogP contribution >= 0.6 is 0 Å². The van der Waals surface area contributed by atoms with E-state index in [0.29, 0.717) is 12.1 Å². The van der Waals surface area contributed by atoms with Crippen LogP contribution in [0, 0.1) is 21.4 Å². The van der Waals surface area contributed by atoms with Gasteiger partial charge in [0.05, 0.1) is 27.7 Å². The fourth-order valence-corrected chi connectivity index (χ4v) is 4.09. The van der Waals surface area contributed by atoms with Crippen molar-refractivity contribution in [2.24, 2.45) is 0 Å². The third kappa shape index (κ3) is 2.72. The van der Waals surface area contributed by atoms with Crippen LogP contribution in [0.5, 0.6) is 0 Å². The minimum atomic E-state index is -3.02. The zero-order chi connectivity index (χ0) is 14.9. The van der Waals surface area contributed by atoms with E-state index in [-0.39, 0.29) is 28.8 Å². The van der Waals surface area contributed by atoms with Gasteiger partial charge in [-0.15, -0.1) is 0 Å². The van der Waals surface area contributed by atoms with E-state index in [2.05, 4.69) is 0 Å². The van der Waals surface area contributed by atoms with Crippen molar-refractivity contribution in [1.29, 1.82) is 5.26 Å². The molecule has 0 spiro atoms. The molecular formula is C12H13N3O4S. The summed E-state index contributed by atoms with van der Waals surface area (Å²) in [6, 6.07) is 5.73. The lowest BCUT2D eigenvalue weighted by Gasteiger charge is -2.26. The molecule has 0 radical (unpaired) electrons. The number of nitriles is 1. The molecule has 0 aliphatic carbocycles. The molecule has 1 fully saturated rings. The Kier molecular flexibility index (Phi) is 3.63. The highest BCUT2D eigenvalue weighted by molar-refractivity contribution is 7.91. The molecule has 0 amide bonds. The van der Waals surface area contributed by atoms with Crippen LogP contribution < -0.4 is 4.90 Å². The van der Waals surface area contributed by atoms with E-state index in [1.165, 1.54) is 18.2 Å². The van der Waals surface area contributed by atoms with Gasteiger partial charge in [-0.25, -0.2) is 8.42 Å². The van der Waals surface area contributed by atoms with Gasteiger partial charge in [0.1, 0.15) is 6.07 Å². The minimum Gasteiger partial charge on any atom is -0.369 e. The number of benzene rings is 1. The lowest BCUT2D eigenvalue weighted by Crippen LogP contribution is -2.33. The van der Waals surface area contributed by atoms with Gasteiger partial charge in [-0.2, -0.15) is 5.26 Å². The van der Waals surface area contributed by atoms with Crippen LogP contribution in [-0.4, -0.2) is 37.9 Å². The third-order valence-electron chi connectivity index (χ3n) is 3.45. The fraction of sp³-hybridized carbons (Fsp3) is 0.417. The van der Waals surface area contributed by atoms with Crippen molar-refractivity contribution in [2.45, 2.75) is 12.5 Å². The first kappa shape index (κ1) is 14.3. The van der Waals surface area contributed by atoms with Gasteiger partial charge in [-0.05, 0) is 12.5 Å². The van der Waals surface area contributed by atoms with Crippen LogP contribution in [0.15, 0.2) is 18.2 Å². The molecule has 1 aliphatic rings. The molecule has 1 aromatic rings. The van der Waals surface area contributed by atoms with Crippen molar-refractivity contribution in [3.05, 3.63) is 33.9 Å². The molecule has 1 atom stereocenters. The molecule has 8 heteroatoms. The Hall–Kier alpha value is -2.14. The van der Waals surface area contributed by atoms with Crippen molar-refractivity contribution in [3.8, 4) is 6.07 Å². The predicted molar refractivity (Wildman–Crippen MR) is 73.3 cm³/mol. The monoisotopic (exact) mass is 295 g/mol. The smallest absolute Gasteiger partial charge is 0.270 e. The predicted octanol–water partition coefficient (Wildman–Crippen LogP) is 1.09. The van der Waals surface area contributed by atoms with E-state index in [0.717, 1.165) is 0 Å². The largest absolute Gasteiger partial charge is 0.369 e. The quantitative estimate of drug-likeness (QED) is 0.610. The van der Waals surface area contributed by atoms with Gasteiger partial charge < -0.3 is 4.90 Å². The van der Waals surface area contributed by atoms with Gasteiger partial charge in [0.25, 0.3) is 5.69 Å². The number of nitro benzene ring substituents is 1. The van der Waals surface area contributed by atoms with E-state index in [1.807, 2.05) is 6.07 Å². The first-order valence-electron chi connectivity index (χ1n) is 5.96. The van der Waals surface area contributed by atoms with Crippen LogP contribution in [0.25, 0.3) is 0 Å². The van der Waals surface area contributed by atoms with E-state index >= 15 is 0 Å². The number of hydrogen-bond acceptors (Lipinski definition) is 6. The van der Waals surface area contributed by atoms with E-state index < -0.39 is 14.8 Å². The molecule has 0 N–H and O–H groups in total. The highest BCUT2D eigenvalue weighted by Crippen LogP contribution is 2.28. The molecule has 1 aromatic carbocycles. The zero-order valence-corrected chi connectivity index (χ0v) is 11.6. The molecule has 20 heavy (non-hydrogen) atoms. The lowest BCUT2D eigenvalue weighted by molar-refractivity contribution is -0.384. The molecule has 0 saturated carbocycles. The molecule has 1 heterocycles. The maximum absolute atomic E-state index is 11.5. The first-order valence-corrected chi connectivity index (χ1v) is 7.78. The van der Waals surface area contributed by atoms with Gasteiger partial charge in [0, 0.05) is 25.2 Å². The number of nitrogens with zero attached hydrogens (tertiary/aromatic N) is 3. The number of hydrogen-bond donors (Lipinski definition) is 0. The minimum absolute atomic E-state index is 0.0470. The van der Waals surface area contributed by atoms with Crippen LogP contribution in [-0.2, 0) is 9.84 Å². The van der Waals surface area contributed by atoms with Crippen molar-refractivity contribution < 1.29 is 13.3 Å². The molecule has 1 saturated heterocycles. The van der Waals surface area contributed by atoms with Crippen LogP contribution in [0.2, 0.25) is 0 Å². The molecule has 1 aliphatic heterocycles. The van der Waals surface area contributed by atoms with Gasteiger partial charge >= 0.3 is 0 Å². The summed E-state index contributed by atoms with van der Waals surface area (Å²) in [5, 5.41) is 19.8. The molecular weight excluding hydrogens is 282 g/mol. The average molecular weight is 295 g/mol. The molecule has 7 nitrogen and oxygen atoms in total. The van der Waals surface area contributed by atoms with Crippen molar-refractivity contribution in [2.75, 3.05) is 23.5 Å². The number of non-ortho nitro benzene ring substituents is 1. The molecule has 0 aromatic heterocycles. The second-order valence-electron chi connectivity index (χ2n) is 4.74. The molecule has 1 unspecified atom stereocenters. The number of nitro groups is 1. The zero-order valence-electron chi connectivity index (χ0n) is 10.8. The van der Waals surface area contributed by atoms with E-state index in [1.54, 1.807) is 11.9 Å². The topological polar surface area (TPSA) is 104 Å². The summed E-state index contributed by atoms with van der Waals surface area (Å²) in [4.78, 5) is 11.8. The number of sulfone groups is 1. The Balaban J connectivity index is 2.33. The summed E-state index contributed by atoms with van der Waals surface area (Å²) in [5.41, 5.74) is 0.531. The second-order valence-corrected chi connectivity index (χ2v) is 6.97. The second kappa shape index (κ2) is 5.09. The fourth-order valence-electron chi connectivity index (χ4n) is 2.31. The van der Waals surface area contributed by atoms with Crippen molar-refractivity contribution in [3.63, 3.8) is 0 Å². The standard InChI is InChI=1S/C12H13N3O4S/c1-14(11-4-5-20(18,19)8-11)12-3-2-10(15(16)17)6-9(12)7-13/h2-3,6,11H,4-5,8H2,1H3. The Morgan fingerprint density at radius 3 is 2.70 bits per heavy atom. The number of anilines is 1. The maximum Gasteiger partial charge on any atom is 0.270 e. The summed E-state index contributed by atoms with van der Waals surface area (Å²) in [6.45, 7) is 0. The highest BCUT2D eigenvalue weighted by Gasteiger charge is 2.31. The van der Waals surface area contributed by atoms with Crippen LogP contribution in [0.4, 0.5) is 11.4 Å². The van der Waals surface area contributed by atoms with Gasteiger partial charge in [0.15, 0.2) is 9.84 Å². The molecule has 2 rings (SSSR count). The summed E-state index contributed by atoms with van der Waals surface area (Å²) in [6.07, 6.45) is 0.501. The Morgan fingerprint density at radius 1 is 1.50 bits per heavy atom. The summed E-state index contributed by atoms with van der Waals surface area (Å²) < 4.78 is 23.0. The highest BCUT2D eigenvalue weighted by atomic mass is 32.2. The average Bonchev–Trinajstić information content (AvgIpc) is 2.77. The van der Waals surface area contributed by atoms with E-state index in [4.69, 9.17) is 5.26 Å². The Morgan fingerprint density at radius 2 is 2.20 bits per heavy atom. The Bertz CT molecular complexity index is 693. The lowest BCUT2D eigenvalue weighted by atomic mass is 10.1. The van der Waals surface area contributed by atoms with Crippen molar-refractivity contribution >= 4 is 21.2 Å². The van der Waals surface area contributed by atoms with Crippen LogP contribution in [0.1, 0.15) is 12.0 Å².